The molecule has 5 heteroatoms. The predicted octanol–water partition coefficient (Wildman–Crippen LogP) is 4.06. The van der Waals surface area contributed by atoms with Crippen molar-refractivity contribution in [1.29, 1.82) is 0 Å². The third-order valence-electron chi connectivity index (χ3n) is 6.77. The van der Waals surface area contributed by atoms with Crippen LogP contribution in [0.2, 0.25) is 0 Å². The molecule has 1 aliphatic heterocycles. The van der Waals surface area contributed by atoms with E-state index in [9.17, 15) is 9.59 Å². The molecule has 3 rings (SSSR count). The van der Waals surface area contributed by atoms with Crippen molar-refractivity contribution in [2.45, 2.75) is 91.4 Å². The van der Waals surface area contributed by atoms with Gasteiger partial charge < -0.3 is 5.73 Å². The quantitative estimate of drug-likeness (QED) is 0.773. The average Bonchev–Trinajstić information content (AvgIpc) is 2.72. The first-order valence-corrected chi connectivity index (χ1v) is 11.2. The molecule has 3 fully saturated rings. The molecule has 0 aromatic rings. The molecule has 1 saturated heterocycles. The number of nitrogens with one attached hydrogen (secondary N) is 1. The molecule has 2 aliphatic carbocycles. The monoisotopic (exact) mass is 381 g/mol. The molecule has 5 nitrogen and oxygen atoms in total. The second kappa shape index (κ2) is 12.5. The number of primary amides is 1. The van der Waals surface area contributed by atoms with Gasteiger partial charge in [0, 0.05) is 24.9 Å². The highest BCUT2D eigenvalue weighted by Crippen LogP contribution is 2.45. The summed E-state index contributed by atoms with van der Waals surface area (Å²) in [4.78, 5) is 21.9. The topological polar surface area (TPSA) is 75.4 Å². The summed E-state index contributed by atoms with van der Waals surface area (Å²) in [5, 5.41) is 2.28. The Morgan fingerprint density at radius 2 is 1.41 bits per heavy atom. The normalized spacial score (nSPS) is 23.6. The lowest BCUT2D eigenvalue weighted by Crippen LogP contribution is -2.47. The highest BCUT2D eigenvalue weighted by Gasteiger charge is 2.38. The first-order chi connectivity index (χ1) is 13.0. The fraction of sp³-hybridized carbons (Fsp3) is 0.909. The van der Waals surface area contributed by atoms with Crippen LogP contribution in [0.3, 0.4) is 0 Å². The second-order valence-electron chi connectivity index (χ2n) is 8.33. The SMILES string of the molecule is CC.CC(=O)C1CCCCC1.CNN1CCC2(CCC(C(N)=O)CC2)CC1. The Kier molecular flexibility index (Phi) is 11.2. The van der Waals surface area contributed by atoms with E-state index in [1.54, 1.807) is 6.92 Å². The van der Waals surface area contributed by atoms with Crippen LogP contribution < -0.4 is 11.2 Å². The molecule has 0 unspecified atom stereocenters. The van der Waals surface area contributed by atoms with Crippen molar-refractivity contribution in [1.82, 2.24) is 10.4 Å². The van der Waals surface area contributed by atoms with E-state index in [2.05, 4.69) is 10.4 Å². The van der Waals surface area contributed by atoms with Gasteiger partial charge in [0.15, 0.2) is 0 Å². The largest absolute Gasteiger partial charge is 0.369 e. The molecule has 2 saturated carbocycles. The molecule has 3 aliphatic rings. The molecule has 1 spiro atoms. The van der Waals surface area contributed by atoms with Crippen LogP contribution in [0.25, 0.3) is 0 Å². The van der Waals surface area contributed by atoms with Crippen LogP contribution in [0.4, 0.5) is 0 Å². The van der Waals surface area contributed by atoms with Crippen LogP contribution in [0.5, 0.6) is 0 Å². The number of amides is 1. The Bertz CT molecular complexity index is 429. The van der Waals surface area contributed by atoms with E-state index < -0.39 is 0 Å². The number of nitrogens with two attached hydrogens (primary N) is 1. The van der Waals surface area contributed by atoms with Gasteiger partial charge in [0.25, 0.3) is 0 Å². The number of piperidine rings is 1. The summed E-state index contributed by atoms with van der Waals surface area (Å²) in [6, 6.07) is 0. The molecule has 0 aromatic heterocycles. The molecule has 0 aromatic carbocycles. The first-order valence-electron chi connectivity index (χ1n) is 11.2. The molecule has 1 amide bonds. The number of nitrogens with zero attached hydrogens (tertiary/aromatic N) is 1. The van der Waals surface area contributed by atoms with Gasteiger partial charge >= 0.3 is 0 Å². The molecule has 0 atom stereocenters. The Morgan fingerprint density at radius 1 is 0.889 bits per heavy atom. The van der Waals surface area contributed by atoms with Crippen molar-refractivity contribution in [2.24, 2.45) is 23.0 Å². The third kappa shape index (κ3) is 7.90. The number of Topliss-reactive ketones (excluding diaryl/α,β-unsaturated/α-hetero) is 1. The lowest BCUT2D eigenvalue weighted by molar-refractivity contribution is -0.124. The Labute approximate surface area is 166 Å². The van der Waals surface area contributed by atoms with E-state index in [1.165, 1.54) is 44.9 Å². The van der Waals surface area contributed by atoms with Gasteiger partial charge in [0.1, 0.15) is 5.78 Å². The van der Waals surface area contributed by atoms with Crippen molar-refractivity contribution in [3.63, 3.8) is 0 Å². The Balaban J connectivity index is 0.000000282. The minimum atomic E-state index is -0.0949. The van der Waals surface area contributed by atoms with E-state index in [-0.39, 0.29) is 11.8 Å². The summed E-state index contributed by atoms with van der Waals surface area (Å²) in [5.74, 6) is 0.865. The van der Waals surface area contributed by atoms with Crippen LogP contribution in [0.15, 0.2) is 0 Å². The number of rotatable bonds is 3. The van der Waals surface area contributed by atoms with Gasteiger partial charge in [-0.2, -0.15) is 0 Å². The van der Waals surface area contributed by atoms with Gasteiger partial charge in [-0.15, -0.1) is 0 Å². The lowest BCUT2D eigenvalue weighted by atomic mass is 9.65. The van der Waals surface area contributed by atoms with Gasteiger partial charge in [-0.1, -0.05) is 33.1 Å². The van der Waals surface area contributed by atoms with E-state index in [0.29, 0.717) is 17.1 Å². The molecular weight excluding hydrogens is 338 g/mol. The minimum Gasteiger partial charge on any atom is -0.369 e. The van der Waals surface area contributed by atoms with Gasteiger partial charge in [0.2, 0.25) is 5.91 Å². The molecule has 1 heterocycles. The van der Waals surface area contributed by atoms with Crippen molar-refractivity contribution in [3.05, 3.63) is 0 Å². The van der Waals surface area contributed by atoms with E-state index in [4.69, 9.17) is 5.73 Å². The zero-order valence-electron chi connectivity index (χ0n) is 18.2. The van der Waals surface area contributed by atoms with Crippen LogP contribution in [0, 0.1) is 17.3 Å². The number of carbonyl (C=O) groups excluding carboxylic acids is 2. The van der Waals surface area contributed by atoms with E-state index in [1.807, 2.05) is 20.9 Å². The maximum Gasteiger partial charge on any atom is 0.220 e. The van der Waals surface area contributed by atoms with Crippen molar-refractivity contribution in [2.75, 3.05) is 20.1 Å². The summed E-state index contributed by atoms with van der Waals surface area (Å²) in [5.41, 5.74) is 9.10. The number of ketones is 1. The third-order valence-corrected chi connectivity index (χ3v) is 6.77. The number of hydrazine groups is 1. The molecule has 27 heavy (non-hydrogen) atoms. The smallest absolute Gasteiger partial charge is 0.220 e. The summed E-state index contributed by atoms with van der Waals surface area (Å²) in [6.45, 7) is 7.99. The highest BCUT2D eigenvalue weighted by molar-refractivity contribution is 5.78. The zero-order chi connectivity index (χ0) is 20.3. The summed E-state index contributed by atoms with van der Waals surface area (Å²) in [6.07, 6.45) is 13.1. The lowest BCUT2D eigenvalue weighted by Gasteiger charge is -2.45. The number of carbonyl (C=O) groups is 2. The van der Waals surface area contributed by atoms with Crippen molar-refractivity contribution >= 4 is 11.7 Å². The van der Waals surface area contributed by atoms with Crippen molar-refractivity contribution < 1.29 is 9.59 Å². The summed E-state index contributed by atoms with van der Waals surface area (Å²) in [7, 11) is 1.99. The molecule has 158 valence electrons. The minimum absolute atomic E-state index is 0.0949. The number of hydrogen-bond donors (Lipinski definition) is 2. The molecule has 0 bridgehead atoms. The fourth-order valence-corrected chi connectivity index (χ4v) is 4.73. The Hall–Kier alpha value is -0.940. The standard InChI is InChI=1S/C12H23N3O.C8H14O.C2H6/c1-14-15-8-6-12(7-9-15)4-2-10(3-5-12)11(13)16;1-7(9)8-5-3-2-4-6-8;1-2/h10,14H,2-9H2,1H3,(H2,13,16);8H,2-6H2,1H3;1-2H3. The van der Waals surface area contributed by atoms with E-state index in [0.717, 1.165) is 38.8 Å². The average molecular weight is 382 g/mol. The van der Waals surface area contributed by atoms with Gasteiger partial charge in [-0.3, -0.25) is 15.0 Å². The van der Waals surface area contributed by atoms with Gasteiger partial charge in [0.05, 0.1) is 0 Å². The molecular formula is C22H43N3O2. The summed E-state index contributed by atoms with van der Waals surface area (Å²) < 4.78 is 0. The molecule has 3 N–H and O–H groups in total. The van der Waals surface area contributed by atoms with Crippen molar-refractivity contribution in [3.8, 4) is 0 Å². The van der Waals surface area contributed by atoms with Crippen LogP contribution in [-0.4, -0.2) is 36.8 Å². The fourth-order valence-electron chi connectivity index (χ4n) is 4.73. The summed E-state index contributed by atoms with van der Waals surface area (Å²) >= 11 is 0. The maximum absolute atomic E-state index is 11.1. The molecule has 0 radical (unpaired) electrons. The van der Waals surface area contributed by atoms with Gasteiger partial charge in [-0.05, 0) is 70.8 Å². The van der Waals surface area contributed by atoms with Crippen LogP contribution >= 0.6 is 0 Å². The predicted molar refractivity (Wildman–Crippen MR) is 112 cm³/mol. The zero-order valence-corrected chi connectivity index (χ0v) is 18.2. The Morgan fingerprint density at radius 3 is 1.78 bits per heavy atom. The number of hydrogen-bond acceptors (Lipinski definition) is 4. The van der Waals surface area contributed by atoms with Crippen LogP contribution in [-0.2, 0) is 9.59 Å². The maximum atomic E-state index is 11.1. The van der Waals surface area contributed by atoms with E-state index >= 15 is 0 Å². The van der Waals surface area contributed by atoms with Gasteiger partial charge in [-0.25, -0.2) is 5.01 Å². The second-order valence-corrected chi connectivity index (χ2v) is 8.33. The van der Waals surface area contributed by atoms with Crippen LogP contribution in [0.1, 0.15) is 91.4 Å². The highest BCUT2D eigenvalue weighted by atomic mass is 16.1. The first kappa shape index (κ1) is 24.1.